The Morgan fingerprint density at radius 2 is 2.29 bits per heavy atom. The quantitative estimate of drug-likeness (QED) is 0.832. The van der Waals surface area contributed by atoms with Crippen molar-refractivity contribution < 1.29 is 17.6 Å². The second kappa shape index (κ2) is 4.96. The molecule has 1 aromatic rings. The molecule has 0 N–H and O–H groups in total. The summed E-state index contributed by atoms with van der Waals surface area (Å²) < 4.78 is 35.8. The lowest BCUT2D eigenvalue weighted by Gasteiger charge is -2.14. The molecular weight excluding hydrogens is 339 g/mol. The van der Waals surface area contributed by atoms with Crippen LogP contribution in [0.15, 0.2) is 22.0 Å². The molecule has 9 heteroatoms. The third-order valence-electron chi connectivity index (χ3n) is 3.14. The molecular formula is C12H10ClFN2O3S2. The summed E-state index contributed by atoms with van der Waals surface area (Å²) >= 11 is 7.10. The number of sulfone groups is 1. The van der Waals surface area contributed by atoms with Crippen LogP contribution in [-0.4, -0.2) is 44.0 Å². The molecule has 0 aromatic heterocycles. The standard InChI is InChI=1S/C12H10ClFN2O3S2/c1-21(18,19)5-9(17)7-4-16-8-3-2-6(14)10(13)11(8)20-12(16)15-7/h2-3,7H,4-5H2,1H3. The molecule has 0 radical (unpaired) electrons. The zero-order chi connectivity index (χ0) is 15.4. The third kappa shape index (κ3) is 2.67. The summed E-state index contributed by atoms with van der Waals surface area (Å²) in [6.07, 6.45) is 1.01. The number of Topliss-reactive ketones (excluding diaryl/α,β-unsaturated/α-hetero) is 1. The average Bonchev–Trinajstić information content (AvgIpc) is 2.89. The first-order valence-electron chi connectivity index (χ1n) is 5.98. The van der Waals surface area contributed by atoms with Crippen LogP contribution in [0.3, 0.4) is 0 Å². The number of rotatable bonds is 3. The minimum Gasteiger partial charge on any atom is -0.317 e. The molecule has 5 nitrogen and oxygen atoms in total. The summed E-state index contributed by atoms with van der Waals surface area (Å²) in [7, 11) is -3.37. The van der Waals surface area contributed by atoms with E-state index in [0.29, 0.717) is 15.8 Å². The van der Waals surface area contributed by atoms with Gasteiger partial charge in [0, 0.05) is 6.26 Å². The Kier molecular flexibility index (Phi) is 3.50. The number of carbonyl (C=O) groups excluding carboxylic acids is 1. The van der Waals surface area contributed by atoms with Gasteiger partial charge in [-0.15, -0.1) is 0 Å². The highest BCUT2D eigenvalue weighted by atomic mass is 35.5. The lowest BCUT2D eigenvalue weighted by molar-refractivity contribution is -0.117. The Balaban J connectivity index is 1.85. The van der Waals surface area contributed by atoms with Crippen LogP contribution in [0, 0.1) is 5.82 Å². The first-order valence-corrected chi connectivity index (χ1v) is 9.23. The molecule has 2 aliphatic rings. The second-order valence-electron chi connectivity index (χ2n) is 4.89. The van der Waals surface area contributed by atoms with Crippen LogP contribution < -0.4 is 4.90 Å². The SMILES string of the molecule is CS(=O)(=O)CC(=O)C1CN2C(=N1)Sc1c2ccc(F)c1Cl. The van der Waals surface area contributed by atoms with E-state index >= 15 is 0 Å². The Bertz CT molecular complexity index is 779. The zero-order valence-electron chi connectivity index (χ0n) is 10.8. The van der Waals surface area contributed by atoms with Crippen molar-refractivity contribution in [3.63, 3.8) is 0 Å². The number of amidine groups is 1. The van der Waals surface area contributed by atoms with E-state index in [4.69, 9.17) is 11.6 Å². The van der Waals surface area contributed by atoms with Gasteiger partial charge in [-0.3, -0.25) is 4.79 Å². The van der Waals surface area contributed by atoms with Crippen molar-refractivity contribution >= 4 is 49.8 Å². The number of nitrogens with zero attached hydrogens (tertiary/aromatic N) is 2. The van der Waals surface area contributed by atoms with Crippen LogP contribution in [0.2, 0.25) is 5.02 Å². The molecule has 0 saturated heterocycles. The summed E-state index contributed by atoms with van der Waals surface area (Å²) in [5.74, 6) is -1.46. The normalized spacial score (nSPS) is 20.2. The van der Waals surface area contributed by atoms with E-state index in [1.807, 2.05) is 0 Å². The molecule has 0 fully saturated rings. The van der Waals surface area contributed by atoms with Gasteiger partial charge < -0.3 is 4.90 Å². The maximum absolute atomic E-state index is 13.4. The van der Waals surface area contributed by atoms with Crippen LogP contribution in [0.1, 0.15) is 0 Å². The predicted molar refractivity (Wildman–Crippen MR) is 80.6 cm³/mol. The Labute approximate surface area is 130 Å². The Hall–Kier alpha value is -1.12. The average molecular weight is 349 g/mol. The maximum Gasteiger partial charge on any atom is 0.174 e. The minimum absolute atomic E-state index is 0.0358. The van der Waals surface area contributed by atoms with Crippen molar-refractivity contribution in [2.24, 2.45) is 4.99 Å². The largest absolute Gasteiger partial charge is 0.317 e. The van der Waals surface area contributed by atoms with Gasteiger partial charge in [0.15, 0.2) is 20.8 Å². The van der Waals surface area contributed by atoms with Gasteiger partial charge in [-0.25, -0.2) is 17.8 Å². The van der Waals surface area contributed by atoms with Crippen molar-refractivity contribution in [3.05, 3.63) is 23.0 Å². The Morgan fingerprint density at radius 1 is 1.57 bits per heavy atom. The number of fused-ring (bicyclic) bond motifs is 3. The van der Waals surface area contributed by atoms with Gasteiger partial charge >= 0.3 is 0 Å². The summed E-state index contributed by atoms with van der Waals surface area (Å²) in [5, 5.41) is 0.581. The van der Waals surface area contributed by atoms with Gasteiger partial charge in [-0.2, -0.15) is 0 Å². The maximum atomic E-state index is 13.4. The topological polar surface area (TPSA) is 66.8 Å². The molecule has 0 spiro atoms. The Morgan fingerprint density at radius 3 is 2.95 bits per heavy atom. The first-order chi connectivity index (χ1) is 9.76. The fourth-order valence-corrected chi connectivity index (χ4v) is 4.33. The molecule has 1 unspecified atom stereocenters. The fourth-order valence-electron chi connectivity index (χ4n) is 2.23. The molecule has 1 aromatic carbocycles. The van der Waals surface area contributed by atoms with E-state index < -0.39 is 33.2 Å². The van der Waals surface area contributed by atoms with Crippen LogP contribution in [0.4, 0.5) is 10.1 Å². The predicted octanol–water partition coefficient (Wildman–Crippen LogP) is 1.74. The highest BCUT2D eigenvalue weighted by Gasteiger charge is 2.39. The number of aliphatic imine (C=N–C) groups is 1. The summed E-state index contributed by atoms with van der Waals surface area (Å²) in [6.45, 7) is 0.256. The van der Waals surface area contributed by atoms with Crippen molar-refractivity contribution in [3.8, 4) is 0 Å². The van der Waals surface area contributed by atoms with E-state index in [9.17, 15) is 17.6 Å². The molecule has 0 saturated carbocycles. The van der Waals surface area contributed by atoms with Gasteiger partial charge in [0.25, 0.3) is 0 Å². The van der Waals surface area contributed by atoms with Crippen LogP contribution in [0.25, 0.3) is 0 Å². The number of thioether (sulfide) groups is 1. The van der Waals surface area contributed by atoms with Crippen molar-refractivity contribution in [1.29, 1.82) is 0 Å². The number of hydrogen-bond donors (Lipinski definition) is 0. The summed E-state index contributed by atoms with van der Waals surface area (Å²) in [5.41, 5.74) is 0.694. The first kappa shape index (κ1) is 14.8. The third-order valence-corrected chi connectivity index (χ3v) is 5.56. The van der Waals surface area contributed by atoms with Gasteiger partial charge in [0.05, 0.1) is 22.2 Å². The highest BCUT2D eigenvalue weighted by molar-refractivity contribution is 8.15. The number of ketones is 1. The smallest absolute Gasteiger partial charge is 0.174 e. The highest BCUT2D eigenvalue weighted by Crippen LogP contribution is 2.47. The van der Waals surface area contributed by atoms with Gasteiger partial charge in [-0.1, -0.05) is 11.6 Å². The van der Waals surface area contributed by atoms with Gasteiger partial charge in [0.2, 0.25) is 0 Å². The number of halogens is 2. The molecule has 21 heavy (non-hydrogen) atoms. The van der Waals surface area contributed by atoms with Crippen molar-refractivity contribution in [2.75, 3.05) is 23.5 Å². The van der Waals surface area contributed by atoms with E-state index in [1.54, 1.807) is 11.0 Å². The van der Waals surface area contributed by atoms with E-state index in [-0.39, 0.29) is 11.6 Å². The van der Waals surface area contributed by atoms with E-state index in [1.165, 1.54) is 17.8 Å². The molecule has 0 bridgehead atoms. The molecule has 0 amide bonds. The van der Waals surface area contributed by atoms with Crippen LogP contribution >= 0.6 is 23.4 Å². The summed E-state index contributed by atoms with van der Waals surface area (Å²) in [6, 6.07) is 2.13. The van der Waals surface area contributed by atoms with Gasteiger partial charge in [0.1, 0.15) is 17.6 Å². The number of hydrogen-bond acceptors (Lipinski definition) is 6. The minimum atomic E-state index is -3.37. The second-order valence-corrected chi connectivity index (χ2v) is 8.38. The molecule has 112 valence electrons. The fraction of sp³-hybridized carbons (Fsp3) is 0.333. The lowest BCUT2D eigenvalue weighted by Crippen LogP contribution is -2.32. The van der Waals surface area contributed by atoms with Gasteiger partial charge in [-0.05, 0) is 23.9 Å². The molecule has 0 aliphatic carbocycles. The molecule has 3 rings (SSSR count). The van der Waals surface area contributed by atoms with Crippen molar-refractivity contribution in [1.82, 2.24) is 0 Å². The molecule has 1 atom stereocenters. The van der Waals surface area contributed by atoms with Crippen LogP contribution in [-0.2, 0) is 14.6 Å². The van der Waals surface area contributed by atoms with E-state index in [0.717, 1.165) is 6.26 Å². The monoisotopic (exact) mass is 348 g/mol. The van der Waals surface area contributed by atoms with Crippen LogP contribution in [0.5, 0.6) is 0 Å². The van der Waals surface area contributed by atoms with E-state index in [2.05, 4.69) is 4.99 Å². The molecule has 2 heterocycles. The van der Waals surface area contributed by atoms with Crippen molar-refractivity contribution in [2.45, 2.75) is 10.9 Å². The lowest BCUT2D eigenvalue weighted by atomic mass is 10.2. The molecule has 2 aliphatic heterocycles. The zero-order valence-corrected chi connectivity index (χ0v) is 13.2. The number of benzene rings is 1. The number of carbonyl (C=O) groups is 1. The number of anilines is 1. The summed E-state index contributed by atoms with van der Waals surface area (Å²) in [4.78, 5) is 18.5.